The first kappa shape index (κ1) is 13.0. The molecule has 0 amide bonds. The van der Waals surface area contributed by atoms with Gasteiger partial charge in [-0.15, -0.1) is 12.3 Å². The number of benzene rings is 1. The Labute approximate surface area is 110 Å². The Morgan fingerprint density at radius 2 is 2.39 bits per heavy atom. The molecule has 0 saturated heterocycles. The molecule has 0 radical (unpaired) electrons. The summed E-state index contributed by atoms with van der Waals surface area (Å²) < 4.78 is 5.88. The molecule has 2 heteroatoms. The van der Waals surface area contributed by atoms with Crippen molar-refractivity contribution < 1.29 is 4.74 Å². The average Bonchev–Trinajstić information content (AvgIpc) is 2.43. The van der Waals surface area contributed by atoms with Crippen LogP contribution in [0, 0.1) is 12.3 Å². The molecule has 0 saturated carbocycles. The van der Waals surface area contributed by atoms with Gasteiger partial charge in [0.25, 0.3) is 0 Å². The molecule has 1 aliphatic rings. The molecule has 0 bridgehead atoms. The summed E-state index contributed by atoms with van der Waals surface area (Å²) in [6.45, 7) is 0.713. The van der Waals surface area contributed by atoms with Crippen LogP contribution in [0.5, 0.6) is 5.75 Å². The molecule has 2 rings (SSSR count). The number of ether oxygens (including phenoxy) is 1. The van der Waals surface area contributed by atoms with E-state index in [1.807, 2.05) is 7.05 Å². The van der Waals surface area contributed by atoms with Gasteiger partial charge in [-0.3, -0.25) is 0 Å². The highest BCUT2D eigenvalue weighted by Crippen LogP contribution is 2.35. The van der Waals surface area contributed by atoms with Crippen LogP contribution in [0.2, 0.25) is 0 Å². The molecule has 1 N–H and O–H groups in total. The highest BCUT2D eigenvalue weighted by atomic mass is 16.5. The molecular formula is C16H21NO. The number of unbranched alkanes of at least 4 members (excludes halogenated alkanes) is 1. The van der Waals surface area contributed by atoms with Gasteiger partial charge in [-0.1, -0.05) is 12.1 Å². The molecule has 0 spiro atoms. The first-order chi connectivity index (χ1) is 8.86. The number of terminal acetylenes is 1. The first-order valence-corrected chi connectivity index (χ1v) is 6.72. The lowest BCUT2D eigenvalue weighted by Crippen LogP contribution is -2.22. The summed E-state index contributed by atoms with van der Waals surface area (Å²) >= 11 is 0. The summed E-state index contributed by atoms with van der Waals surface area (Å²) in [5.74, 6) is 3.69. The van der Waals surface area contributed by atoms with Crippen molar-refractivity contribution in [2.45, 2.75) is 38.1 Å². The molecule has 1 aromatic carbocycles. The lowest BCUT2D eigenvalue weighted by atomic mass is 9.87. The van der Waals surface area contributed by atoms with Crippen LogP contribution in [0.4, 0.5) is 0 Å². The fraction of sp³-hybridized carbons (Fsp3) is 0.500. The maximum absolute atomic E-state index is 5.88. The molecular weight excluding hydrogens is 222 g/mol. The Bertz CT molecular complexity index is 433. The van der Waals surface area contributed by atoms with E-state index in [-0.39, 0.29) is 0 Å². The van der Waals surface area contributed by atoms with E-state index in [2.05, 4.69) is 29.4 Å². The Balaban J connectivity index is 2.10. The second-order valence-corrected chi connectivity index (χ2v) is 4.71. The minimum absolute atomic E-state index is 0.475. The fourth-order valence-electron chi connectivity index (χ4n) is 2.61. The highest BCUT2D eigenvalue weighted by Gasteiger charge is 2.21. The normalized spacial score (nSPS) is 17.9. The summed E-state index contributed by atoms with van der Waals surface area (Å²) in [4.78, 5) is 0. The molecule has 1 unspecified atom stereocenters. The number of hydrogen-bond acceptors (Lipinski definition) is 2. The summed E-state index contributed by atoms with van der Waals surface area (Å²) in [6, 6.07) is 6.85. The smallest absolute Gasteiger partial charge is 0.122 e. The monoisotopic (exact) mass is 243 g/mol. The Hall–Kier alpha value is -1.46. The molecule has 0 aliphatic heterocycles. The van der Waals surface area contributed by atoms with E-state index in [4.69, 9.17) is 11.2 Å². The van der Waals surface area contributed by atoms with Crippen LogP contribution in [0.15, 0.2) is 18.2 Å². The van der Waals surface area contributed by atoms with Gasteiger partial charge in [0.1, 0.15) is 5.75 Å². The zero-order valence-corrected chi connectivity index (χ0v) is 11.0. The van der Waals surface area contributed by atoms with Crippen molar-refractivity contribution in [2.75, 3.05) is 13.7 Å². The van der Waals surface area contributed by atoms with Crippen molar-refractivity contribution in [3.05, 3.63) is 29.3 Å². The predicted octanol–water partition coefficient (Wildman–Crippen LogP) is 3.08. The topological polar surface area (TPSA) is 21.3 Å². The standard InChI is InChI=1S/C16H21NO/c1-3-4-5-12-18-16-11-7-8-13-14(16)9-6-10-15(13)17-2/h1,7-8,11,15,17H,4-6,9-10,12H2,2H3. The van der Waals surface area contributed by atoms with Crippen LogP contribution < -0.4 is 10.1 Å². The van der Waals surface area contributed by atoms with E-state index in [0.29, 0.717) is 12.6 Å². The molecule has 0 aromatic heterocycles. The maximum Gasteiger partial charge on any atom is 0.122 e. The Morgan fingerprint density at radius 1 is 1.50 bits per heavy atom. The van der Waals surface area contributed by atoms with Gasteiger partial charge in [0.05, 0.1) is 6.61 Å². The molecule has 2 nitrogen and oxygen atoms in total. The van der Waals surface area contributed by atoms with Gasteiger partial charge in [-0.05, 0) is 49.9 Å². The van der Waals surface area contributed by atoms with Crippen LogP contribution in [0.1, 0.15) is 42.9 Å². The van der Waals surface area contributed by atoms with E-state index >= 15 is 0 Å². The first-order valence-electron chi connectivity index (χ1n) is 6.72. The van der Waals surface area contributed by atoms with Gasteiger partial charge in [-0.25, -0.2) is 0 Å². The van der Waals surface area contributed by atoms with Crippen molar-refractivity contribution in [1.82, 2.24) is 5.32 Å². The van der Waals surface area contributed by atoms with Gasteiger partial charge in [0.15, 0.2) is 0 Å². The van der Waals surface area contributed by atoms with Crippen LogP contribution in [0.25, 0.3) is 0 Å². The molecule has 18 heavy (non-hydrogen) atoms. The lowest BCUT2D eigenvalue weighted by Gasteiger charge is -2.26. The third-order valence-electron chi connectivity index (χ3n) is 3.54. The second kappa shape index (κ2) is 6.47. The fourth-order valence-corrected chi connectivity index (χ4v) is 2.61. The van der Waals surface area contributed by atoms with Gasteiger partial charge < -0.3 is 10.1 Å². The molecule has 1 aromatic rings. The molecule has 1 atom stereocenters. The molecule has 0 fully saturated rings. The van der Waals surface area contributed by atoms with E-state index in [1.54, 1.807) is 0 Å². The maximum atomic E-state index is 5.88. The zero-order chi connectivity index (χ0) is 12.8. The SMILES string of the molecule is C#CCCCOc1cccc2c1CCCC2NC. The highest BCUT2D eigenvalue weighted by molar-refractivity contribution is 5.43. The van der Waals surface area contributed by atoms with Crippen molar-refractivity contribution in [1.29, 1.82) is 0 Å². The third kappa shape index (κ3) is 2.86. The van der Waals surface area contributed by atoms with E-state index in [1.165, 1.54) is 24.0 Å². The summed E-state index contributed by atoms with van der Waals surface area (Å²) in [6.07, 6.45) is 10.5. The molecule has 0 heterocycles. The van der Waals surface area contributed by atoms with E-state index in [9.17, 15) is 0 Å². The van der Waals surface area contributed by atoms with Gasteiger partial charge in [-0.2, -0.15) is 0 Å². The minimum atomic E-state index is 0.475. The molecule has 1 aliphatic carbocycles. The van der Waals surface area contributed by atoms with Gasteiger partial charge in [0, 0.05) is 12.5 Å². The summed E-state index contributed by atoms with van der Waals surface area (Å²) in [7, 11) is 2.03. The average molecular weight is 243 g/mol. The van der Waals surface area contributed by atoms with E-state index in [0.717, 1.165) is 25.0 Å². The quantitative estimate of drug-likeness (QED) is 0.634. The minimum Gasteiger partial charge on any atom is -0.493 e. The number of rotatable bonds is 5. The van der Waals surface area contributed by atoms with Gasteiger partial charge >= 0.3 is 0 Å². The van der Waals surface area contributed by atoms with Crippen molar-refractivity contribution >= 4 is 0 Å². The largest absolute Gasteiger partial charge is 0.493 e. The summed E-state index contributed by atoms with van der Waals surface area (Å²) in [5.41, 5.74) is 2.78. The van der Waals surface area contributed by atoms with Crippen LogP contribution in [-0.4, -0.2) is 13.7 Å². The number of nitrogens with one attached hydrogen (secondary N) is 1. The predicted molar refractivity (Wildman–Crippen MR) is 74.7 cm³/mol. The van der Waals surface area contributed by atoms with Crippen molar-refractivity contribution in [2.24, 2.45) is 0 Å². The second-order valence-electron chi connectivity index (χ2n) is 4.71. The van der Waals surface area contributed by atoms with Gasteiger partial charge in [0.2, 0.25) is 0 Å². The van der Waals surface area contributed by atoms with Crippen molar-refractivity contribution in [3.63, 3.8) is 0 Å². The van der Waals surface area contributed by atoms with Crippen LogP contribution >= 0.6 is 0 Å². The third-order valence-corrected chi connectivity index (χ3v) is 3.54. The number of fused-ring (bicyclic) bond motifs is 1. The lowest BCUT2D eigenvalue weighted by molar-refractivity contribution is 0.306. The van der Waals surface area contributed by atoms with Crippen LogP contribution in [0.3, 0.4) is 0 Å². The summed E-state index contributed by atoms with van der Waals surface area (Å²) in [5, 5.41) is 3.38. The van der Waals surface area contributed by atoms with Crippen LogP contribution in [-0.2, 0) is 6.42 Å². The Morgan fingerprint density at radius 3 is 3.17 bits per heavy atom. The molecule has 96 valence electrons. The Kier molecular flexibility index (Phi) is 4.66. The van der Waals surface area contributed by atoms with E-state index < -0.39 is 0 Å². The zero-order valence-electron chi connectivity index (χ0n) is 11.0. The number of hydrogen-bond donors (Lipinski definition) is 1. The van der Waals surface area contributed by atoms with Crippen molar-refractivity contribution in [3.8, 4) is 18.1 Å².